The third-order valence-corrected chi connectivity index (χ3v) is 5.34. The van der Waals surface area contributed by atoms with Gasteiger partial charge in [0.05, 0.1) is 22.7 Å². The molecular formula is C18H19BrN2O6S. The third-order valence-electron chi connectivity index (χ3n) is 3.12. The van der Waals surface area contributed by atoms with Crippen LogP contribution in [0, 0.1) is 11.3 Å². The Morgan fingerprint density at radius 1 is 1.32 bits per heavy atom. The molecule has 28 heavy (non-hydrogen) atoms. The summed E-state index contributed by atoms with van der Waals surface area (Å²) in [5, 5.41) is 8.65. The van der Waals surface area contributed by atoms with Gasteiger partial charge in [0.2, 0.25) is 10.9 Å². The summed E-state index contributed by atoms with van der Waals surface area (Å²) in [6.45, 7) is 7.07. The van der Waals surface area contributed by atoms with Crippen LogP contribution in [-0.2, 0) is 10.0 Å². The van der Waals surface area contributed by atoms with Crippen molar-refractivity contribution in [3.63, 3.8) is 0 Å². The van der Waals surface area contributed by atoms with Crippen LogP contribution in [0.15, 0.2) is 38.2 Å². The van der Waals surface area contributed by atoms with Gasteiger partial charge in [0.15, 0.2) is 11.5 Å². The smallest absolute Gasteiger partial charge is 0.379 e. The van der Waals surface area contributed by atoms with Crippen LogP contribution in [0.25, 0.3) is 0 Å². The fourth-order valence-corrected chi connectivity index (χ4v) is 4.04. The third kappa shape index (κ3) is 5.34. The van der Waals surface area contributed by atoms with Crippen LogP contribution in [0.5, 0.6) is 11.5 Å². The average Bonchev–Trinajstić information content (AvgIpc) is 3.06. The Hall–Kier alpha value is -2.35. The van der Waals surface area contributed by atoms with E-state index < -0.39 is 26.6 Å². The number of hydrogen-bond donors (Lipinski definition) is 1. The molecule has 1 N–H and O–H groups in total. The van der Waals surface area contributed by atoms with Crippen molar-refractivity contribution in [1.82, 2.24) is 4.72 Å². The highest BCUT2D eigenvalue weighted by molar-refractivity contribution is 9.10. The number of hydrogen-bond acceptors (Lipinski definition) is 7. The lowest BCUT2D eigenvalue weighted by Crippen LogP contribution is -2.40. The summed E-state index contributed by atoms with van der Waals surface area (Å²) in [7, 11) is -3.93. The highest BCUT2D eigenvalue weighted by Crippen LogP contribution is 2.37. The van der Waals surface area contributed by atoms with E-state index in [0.29, 0.717) is 10.0 Å². The van der Waals surface area contributed by atoms with Gasteiger partial charge in [0.1, 0.15) is 0 Å². The van der Waals surface area contributed by atoms with Gasteiger partial charge in [-0.2, -0.15) is 5.26 Å². The molecule has 0 atom stereocenters. The Morgan fingerprint density at radius 2 is 2.00 bits per heavy atom. The average molecular weight is 471 g/mol. The second kappa shape index (κ2) is 8.34. The van der Waals surface area contributed by atoms with Crippen LogP contribution in [0.3, 0.4) is 0 Å². The number of carbonyl (C=O) groups is 1. The van der Waals surface area contributed by atoms with Crippen molar-refractivity contribution < 1.29 is 27.1 Å². The van der Waals surface area contributed by atoms with Crippen LogP contribution in [0.1, 0.15) is 43.8 Å². The number of nitrogens with zero attached hydrogens (tertiary/aromatic N) is 1. The fourth-order valence-electron chi connectivity index (χ4n) is 2.17. The quantitative estimate of drug-likeness (QED) is 0.505. The molecule has 0 aliphatic heterocycles. The van der Waals surface area contributed by atoms with E-state index in [0.717, 1.165) is 0 Å². The molecule has 0 fully saturated rings. The number of nitrogens with one attached hydrogen (secondary N) is 1. The number of furan rings is 1. The Morgan fingerprint density at radius 3 is 2.57 bits per heavy atom. The van der Waals surface area contributed by atoms with Crippen LogP contribution in [0.4, 0.5) is 0 Å². The molecule has 10 heteroatoms. The first-order valence-electron chi connectivity index (χ1n) is 8.19. The van der Waals surface area contributed by atoms with Crippen LogP contribution < -0.4 is 14.2 Å². The molecule has 0 saturated heterocycles. The summed E-state index contributed by atoms with van der Waals surface area (Å²) in [6.07, 6.45) is 0. The van der Waals surface area contributed by atoms with Gasteiger partial charge in [0, 0.05) is 11.6 Å². The maximum atomic E-state index is 12.4. The molecule has 0 bridgehead atoms. The summed E-state index contributed by atoms with van der Waals surface area (Å²) >= 11 is 3.24. The molecule has 0 aliphatic carbocycles. The number of carbonyl (C=O) groups excluding carboxylic acids is 1. The minimum absolute atomic E-state index is 0.0551. The molecule has 8 nitrogen and oxygen atoms in total. The Labute approximate surface area is 171 Å². The van der Waals surface area contributed by atoms with E-state index in [1.807, 2.05) is 6.07 Å². The fraction of sp³-hybridized carbons (Fsp3) is 0.333. The van der Waals surface area contributed by atoms with Gasteiger partial charge in [-0.3, -0.25) is 0 Å². The molecule has 1 heterocycles. The van der Waals surface area contributed by atoms with Crippen molar-refractivity contribution in [2.75, 3.05) is 6.61 Å². The van der Waals surface area contributed by atoms with Crippen molar-refractivity contribution in [2.24, 2.45) is 0 Å². The minimum Gasteiger partial charge on any atom is -0.490 e. The van der Waals surface area contributed by atoms with Gasteiger partial charge in [-0.25, -0.2) is 17.9 Å². The molecule has 1 aromatic carbocycles. The van der Waals surface area contributed by atoms with Gasteiger partial charge < -0.3 is 13.9 Å². The summed E-state index contributed by atoms with van der Waals surface area (Å²) in [5.74, 6) is -0.966. The molecule has 0 aliphatic rings. The van der Waals surface area contributed by atoms with E-state index in [4.69, 9.17) is 19.2 Å². The van der Waals surface area contributed by atoms with Gasteiger partial charge in [-0.05, 0) is 61.8 Å². The molecule has 0 amide bonds. The van der Waals surface area contributed by atoms with Crippen molar-refractivity contribution in [1.29, 1.82) is 5.26 Å². The number of ether oxygens (including phenoxy) is 2. The summed E-state index contributed by atoms with van der Waals surface area (Å²) in [6, 6.07) is 7.25. The molecule has 2 rings (SSSR count). The summed E-state index contributed by atoms with van der Waals surface area (Å²) in [5.41, 5.74) is -0.402. The Balaban J connectivity index is 2.30. The maximum Gasteiger partial charge on any atom is 0.379 e. The van der Waals surface area contributed by atoms with Crippen molar-refractivity contribution in [3.05, 3.63) is 40.1 Å². The molecule has 0 unspecified atom stereocenters. The van der Waals surface area contributed by atoms with Crippen molar-refractivity contribution in [2.45, 2.75) is 38.3 Å². The molecule has 1 aromatic heterocycles. The molecular weight excluding hydrogens is 452 g/mol. The van der Waals surface area contributed by atoms with E-state index in [2.05, 4.69) is 20.7 Å². The van der Waals surface area contributed by atoms with Gasteiger partial charge in [0.25, 0.3) is 10.0 Å². The van der Waals surface area contributed by atoms with Crippen molar-refractivity contribution in [3.8, 4) is 17.6 Å². The lowest BCUT2D eigenvalue weighted by molar-refractivity contribution is 0.0687. The molecule has 0 saturated carbocycles. The zero-order valence-corrected chi connectivity index (χ0v) is 18.1. The predicted molar refractivity (Wildman–Crippen MR) is 104 cm³/mol. The first-order chi connectivity index (χ1) is 13.0. The molecule has 2 aromatic rings. The number of benzene rings is 1. The second-order valence-corrected chi connectivity index (χ2v) is 9.16. The molecule has 0 radical (unpaired) electrons. The monoisotopic (exact) mass is 470 g/mol. The van der Waals surface area contributed by atoms with E-state index in [9.17, 15) is 13.2 Å². The SMILES string of the molecule is CCOc1cc(C#N)cc(Br)c1OC(=O)c1ccc(S(=O)(=O)NC(C)(C)C)o1. The number of nitriles is 1. The zero-order chi connectivity index (χ0) is 21.1. The van der Waals surface area contributed by atoms with E-state index in [1.54, 1.807) is 27.7 Å². The first-order valence-corrected chi connectivity index (χ1v) is 10.5. The summed E-state index contributed by atoms with van der Waals surface area (Å²) < 4.78 is 43.3. The van der Waals surface area contributed by atoms with Crippen LogP contribution in [-0.4, -0.2) is 26.5 Å². The Kier molecular flexibility index (Phi) is 6.54. The summed E-state index contributed by atoms with van der Waals surface area (Å²) in [4.78, 5) is 12.4. The predicted octanol–water partition coefficient (Wildman–Crippen LogP) is 3.61. The van der Waals surface area contributed by atoms with Crippen LogP contribution >= 0.6 is 15.9 Å². The van der Waals surface area contributed by atoms with Gasteiger partial charge in [-0.1, -0.05) is 0 Å². The van der Waals surface area contributed by atoms with Crippen LogP contribution in [0.2, 0.25) is 0 Å². The topological polar surface area (TPSA) is 119 Å². The van der Waals surface area contributed by atoms with Crippen molar-refractivity contribution >= 4 is 31.9 Å². The molecule has 0 spiro atoms. The largest absolute Gasteiger partial charge is 0.490 e. The number of esters is 1. The number of halogens is 1. The first kappa shape index (κ1) is 21.9. The second-order valence-electron chi connectivity index (χ2n) is 6.69. The lowest BCUT2D eigenvalue weighted by Gasteiger charge is -2.18. The van der Waals surface area contributed by atoms with Gasteiger partial charge >= 0.3 is 5.97 Å². The normalized spacial score (nSPS) is 11.7. The highest BCUT2D eigenvalue weighted by atomic mass is 79.9. The van der Waals surface area contributed by atoms with E-state index in [-0.39, 0.29) is 23.9 Å². The standard InChI is InChI=1S/C18H19BrN2O6S/c1-5-25-14-9-11(10-20)8-12(19)16(14)27-17(22)13-6-7-15(26-13)28(23,24)21-18(2,3)4/h6-9,21H,5H2,1-4H3. The Bertz CT molecular complexity index is 1030. The lowest BCUT2D eigenvalue weighted by atomic mass is 10.1. The number of sulfonamides is 1. The highest BCUT2D eigenvalue weighted by Gasteiger charge is 2.27. The number of rotatable bonds is 6. The van der Waals surface area contributed by atoms with Gasteiger partial charge in [-0.15, -0.1) is 0 Å². The van der Waals surface area contributed by atoms with E-state index >= 15 is 0 Å². The minimum atomic E-state index is -3.93. The maximum absolute atomic E-state index is 12.4. The van der Waals surface area contributed by atoms with E-state index in [1.165, 1.54) is 24.3 Å². The molecule has 150 valence electrons. The zero-order valence-electron chi connectivity index (χ0n) is 15.7.